The summed E-state index contributed by atoms with van der Waals surface area (Å²) in [5, 5.41) is 15.4. The number of amides is 1. The zero-order valence-electron chi connectivity index (χ0n) is 9.91. The Labute approximate surface area is 102 Å². The van der Waals surface area contributed by atoms with Crippen molar-refractivity contribution in [2.45, 2.75) is 13.8 Å². The van der Waals surface area contributed by atoms with Crippen LogP contribution >= 0.6 is 0 Å². The summed E-state index contributed by atoms with van der Waals surface area (Å²) in [6, 6.07) is 2.96. The molecule has 2 N–H and O–H groups in total. The van der Waals surface area contributed by atoms with Crippen LogP contribution in [0.2, 0.25) is 0 Å². The maximum Gasteiger partial charge on any atom is 0.337 e. The Morgan fingerprint density at radius 3 is 2.72 bits per heavy atom. The van der Waals surface area contributed by atoms with Gasteiger partial charge in [0, 0.05) is 12.1 Å². The van der Waals surface area contributed by atoms with E-state index in [4.69, 9.17) is 5.11 Å². The number of aromatic nitrogens is 3. The van der Waals surface area contributed by atoms with E-state index in [-0.39, 0.29) is 23.3 Å². The van der Waals surface area contributed by atoms with Gasteiger partial charge in [0.05, 0.1) is 5.56 Å². The second-order valence-corrected chi connectivity index (χ2v) is 4.11. The number of nitrogens with one attached hydrogen (secondary N) is 1. The fraction of sp³-hybridized carbons (Fsp3) is 0.273. The molecule has 2 heterocycles. The highest BCUT2D eigenvalue weighted by Gasteiger charge is 2.12. The van der Waals surface area contributed by atoms with E-state index in [1.807, 2.05) is 0 Å². The van der Waals surface area contributed by atoms with Gasteiger partial charge in [0.2, 0.25) is 11.9 Å². The quantitative estimate of drug-likeness (QED) is 0.845. The first-order chi connectivity index (χ1) is 8.47. The number of rotatable bonds is 3. The van der Waals surface area contributed by atoms with Crippen LogP contribution in [0.5, 0.6) is 0 Å². The third kappa shape index (κ3) is 2.29. The Morgan fingerprint density at radius 2 is 2.11 bits per heavy atom. The molecular weight excluding hydrogens is 236 g/mol. The highest BCUT2D eigenvalue weighted by molar-refractivity contribution is 5.90. The van der Waals surface area contributed by atoms with E-state index in [9.17, 15) is 9.59 Å². The van der Waals surface area contributed by atoms with Crippen LogP contribution in [-0.2, 0) is 4.79 Å². The van der Waals surface area contributed by atoms with Crippen molar-refractivity contribution in [1.29, 1.82) is 0 Å². The van der Waals surface area contributed by atoms with Gasteiger partial charge in [-0.1, -0.05) is 13.8 Å². The molecule has 0 aliphatic rings. The van der Waals surface area contributed by atoms with E-state index in [0.29, 0.717) is 5.65 Å². The second kappa shape index (κ2) is 4.44. The first kappa shape index (κ1) is 12.0. The van der Waals surface area contributed by atoms with Gasteiger partial charge in [0.15, 0.2) is 5.65 Å². The molecule has 0 aliphatic carbocycles. The van der Waals surface area contributed by atoms with Crippen LogP contribution in [0.4, 0.5) is 5.95 Å². The number of carbonyl (C=O) groups excluding carboxylic acids is 1. The van der Waals surface area contributed by atoms with Crippen LogP contribution in [0.1, 0.15) is 24.2 Å². The third-order valence-corrected chi connectivity index (χ3v) is 2.34. The SMILES string of the molecule is CC(C)C(=O)Nc1nc2ccc(C(=O)O)cn2n1. The van der Waals surface area contributed by atoms with Crippen LogP contribution in [0, 0.1) is 5.92 Å². The number of anilines is 1. The lowest BCUT2D eigenvalue weighted by Gasteiger charge is -2.01. The molecule has 0 fully saturated rings. The smallest absolute Gasteiger partial charge is 0.337 e. The summed E-state index contributed by atoms with van der Waals surface area (Å²) in [4.78, 5) is 26.3. The van der Waals surface area contributed by atoms with E-state index >= 15 is 0 Å². The molecule has 18 heavy (non-hydrogen) atoms. The molecule has 2 aromatic heterocycles. The summed E-state index contributed by atoms with van der Waals surface area (Å²) in [6.07, 6.45) is 1.34. The van der Waals surface area contributed by atoms with Crippen molar-refractivity contribution in [3.63, 3.8) is 0 Å². The minimum Gasteiger partial charge on any atom is -0.478 e. The van der Waals surface area contributed by atoms with E-state index in [1.165, 1.54) is 22.8 Å². The number of fused-ring (bicyclic) bond motifs is 1. The van der Waals surface area contributed by atoms with E-state index < -0.39 is 5.97 Å². The van der Waals surface area contributed by atoms with Crippen LogP contribution < -0.4 is 5.32 Å². The largest absolute Gasteiger partial charge is 0.478 e. The summed E-state index contributed by atoms with van der Waals surface area (Å²) < 4.78 is 1.32. The average Bonchev–Trinajstić information content (AvgIpc) is 2.69. The van der Waals surface area contributed by atoms with Gasteiger partial charge >= 0.3 is 5.97 Å². The normalized spacial score (nSPS) is 10.8. The summed E-state index contributed by atoms with van der Waals surface area (Å²) in [5.41, 5.74) is 0.577. The van der Waals surface area contributed by atoms with Crippen molar-refractivity contribution in [2.75, 3.05) is 5.32 Å². The molecule has 2 aromatic rings. The van der Waals surface area contributed by atoms with Crippen molar-refractivity contribution in [3.8, 4) is 0 Å². The molecule has 0 bridgehead atoms. The number of hydrogen-bond acceptors (Lipinski definition) is 4. The molecule has 0 spiro atoms. The minimum atomic E-state index is -1.04. The molecule has 7 nitrogen and oxygen atoms in total. The minimum absolute atomic E-state index is 0.106. The third-order valence-electron chi connectivity index (χ3n) is 2.34. The maximum absolute atomic E-state index is 11.5. The highest BCUT2D eigenvalue weighted by Crippen LogP contribution is 2.08. The fourth-order valence-corrected chi connectivity index (χ4v) is 1.32. The number of carboxylic acid groups (broad SMARTS) is 1. The van der Waals surface area contributed by atoms with Gasteiger partial charge in [-0.3, -0.25) is 10.1 Å². The highest BCUT2D eigenvalue weighted by atomic mass is 16.4. The first-order valence-electron chi connectivity index (χ1n) is 5.38. The predicted octanol–water partition coefficient (Wildman–Crippen LogP) is 1.02. The number of hydrogen-bond donors (Lipinski definition) is 2. The van der Waals surface area contributed by atoms with Crippen LogP contribution in [0.25, 0.3) is 5.65 Å². The van der Waals surface area contributed by atoms with E-state index in [2.05, 4.69) is 15.4 Å². The molecule has 7 heteroatoms. The molecule has 0 saturated carbocycles. The van der Waals surface area contributed by atoms with Gasteiger partial charge in [-0.2, -0.15) is 4.98 Å². The Balaban J connectivity index is 2.33. The van der Waals surface area contributed by atoms with E-state index in [1.54, 1.807) is 13.8 Å². The maximum atomic E-state index is 11.5. The Hall–Kier alpha value is -2.44. The molecule has 0 unspecified atom stereocenters. The number of carbonyl (C=O) groups is 2. The first-order valence-corrected chi connectivity index (χ1v) is 5.38. The molecule has 2 rings (SSSR count). The van der Waals surface area contributed by atoms with Gasteiger partial charge in [0.1, 0.15) is 0 Å². The molecule has 1 amide bonds. The lowest BCUT2D eigenvalue weighted by molar-refractivity contribution is -0.118. The van der Waals surface area contributed by atoms with Crippen molar-refractivity contribution >= 4 is 23.5 Å². The van der Waals surface area contributed by atoms with Crippen LogP contribution in [0.3, 0.4) is 0 Å². The molecule has 0 aromatic carbocycles. The molecule has 0 saturated heterocycles. The van der Waals surface area contributed by atoms with Gasteiger partial charge in [0.25, 0.3) is 0 Å². The summed E-state index contributed by atoms with van der Waals surface area (Å²) in [6.45, 7) is 3.52. The standard InChI is InChI=1S/C11H12N4O3/c1-6(2)9(16)13-11-12-8-4-3-7(10(17)18)5-15(8)14-11/h3-6H,1-2H3,(H,17,18)(H,13,14,16). The number of pyridine rings is 1. The van der Waals surface area contributed by atoms with Crippen molar-refractivity contribution in [1.82, 2.24) is 14.6 Å². The van der Waals surface area contributed by atoms with Crippen molar-refractivity contribution in [3.05, 3.63) is 23.9 Å². The van der Waals surface area contributed by atoms with Crippen LogP contribution in [-0.4, -0.2) is 31.6 Å². The average molecular weight is 248 g/mol. The van der Waals surface area contributed by atoms with Crippen molar-refractivity contribution < 1.29 is 14.7 Å². The monoisotopic (exact) mass is 248 g/mol. The fourth-order valence-electron chi connectivity index (χ4n) is 1.32. The van der Waals surface area contributed by atoms with Crippen LogP contribution in [0.15, 0.2) is 18.3 Å². The zero-order valence-corrected chi connectivity index (χ0v) is 9.91. The summed E-state index contributed by atoms with van der Waals surface area (Å²) >= 11 is 0. The summed E-state index contributed by atoms with van der Waals surface area (Å²) in [5.74, 6) is -1.24. The van der Waals surface area contributed by atoms with Gasteiger partial charge in [-0.15, -0.1) is 5.10 Å². The lowest BCUT2D eigenvalue weighted by atomic mass is 10.2. The Morgan fingerprint density at radius 1 is 1.39 bits per heavy atom. The Kier molecular flexibility index (Phi) is 2.97. The van der Waals surface area contributed by atoms with E-state index in [0.717, 1.165) is 0 Å². The molecule has 0 atom stereocenters. The zero-order chi connectivity index (χ0) is 13.3. The molecular formula is C11H12N4O3. The predicted molar refractivity (Wildman–Crippen MR) is 63.4 cm³/mol. The number of nitrogens with zero attached hydrogens (tertiary/aromatic N) is 3. The topological polar surface area (TPSA) is 96.6 Å². The molecule has 0 radical (unpaired) electrons. The molecule has 94 valence electrons. The second-order valence-electron chi connectivity index (χ2n) is 4.11. The number of aromatic carboxylic acids is 1. The van der Waals surface area contributed by atoms with Crippen molar-refractivity contribution in [2.24, 2.45) is 5.92 Å². The van der Waals surface area contributed by atoms with Gasteiger partial charge < -0.3 is 5.11 Å². The number of carboxylic acids is 1. The Bertz CT molecular complexity index is 618. The lowest BCUT2D eigenvalue weighted by Crippen LogP contribution is -2.18. The summed E-state index contributed by atoms with van der Waals surface area (Å²) in [7, 11) is 0. The van der Waals surface area contributed by atoms with Gasteiger partial charge in [-0.25, -0.2) is 9.31 Å². The van der Waals surface area contributed by atoms with Gasteiger partial charge in [-0.05, 0) is 12.1 Å². The molecule has 0 aliphatic heterocycles.